The number of hydrogen-bond acceptors (Lipinski definition) is 2. The molecule has 2 rings (SSSR count). The minimum atomic E-state index is 0.328. The molecule has 0 aliphatic rings. The summed E-state index contributed by atoms with van der Waals surface area (Å²) in [6, 6.07) is 12.0. The Hall–Kier alpha value is -1.77. The van der Waals surface area contributed by atoms with Gasteiger partial charge in [0, 0.05) is 6.20 Å². The first-order valence-electron chi connectivity index (χ1n) is 10.5. The SMILES string of the molecule is CCCCCCCCCCCC(CC)On1ccnc1.c1ccccc1. The van der Waals surface area contributed by atoms with Crippen LogP contribution in [0.5, 0.6) is 0 Å². The molecular formula is C23H38N2O. The molecule has 0 saturated heterocycles. The van der Waals surface area contributed by atoms with Crippen LogP contribution in [0, 0.1) is 0 Å². The van der Waals surface area contributed by atoms with Crippen molar-refractivity contribution in [2.45, 2.75) is 90.6 Å². The molecule has 0 fully saturated rings. The van der Waals surface area contributed by atoms with Crippen molar-refractivity contribution in [1.82, 2.24) is 9.71 Å². The summed E-state index contributed by atoms with van der Waals surface area (Å²) in [4.78, 5) is 9.83. The third-order valence-corrected chi connectivity index (χ3v) is 4.50. The van der Waals surface area contributed by atoms with Crippen LogP contribution in [0.2, 0.25) is 0 Å². The lowest BCUT2D eigenvalue weighted by Gasteiger charge is -2.16. The summed E-state index contributed by atoms with van der Waals surface area (Å²) in [6.45, 7) is 4.46. The smallest absolute Gasteiger partial charge is 0.131 e. The highest BCUT2D eigenvalue weighted by molar-refractivity contribution is 4.99. The molecule has 1 heterocycles. The van der Waals surface area contributed by atoms with E-state index < -0.39 is 0 Å². The van der Waals surface area contributed by atoms with Crippen molar-refractivity contribution in [3.05, 3.63) is 55.1 Å². The first-order chi connectivity index (χ1) is 12.9. The van der Waals surface area contributed by atoms with Crippen LogP contribution in [0.1, 0.15) is 84.5 Å². The number of rotatable bonds is 13. The molecule has 0 N–H and O–H groups in total. The maximum Gasteiger partial charge on any atom is 0.131 e. The number of imidazole rings is 1. The lowest BCUT2D eigenvalue weighted by Crippen LogP contribution is -2.23. The topological polar surface area (TPSA) is 27.1 Å². The Balaban J connectivity index is 0.000000472. The maximum atomic E-state index is 5.83. The zero-order valence-corrected chi connectivity index (χ0v) is 16.9. The van der Waals surface area contributed by atoms with Gasteiger partial charge in [-0.1, -0.05) is 102 Å². The third-order valence-electron chi connectivity index (χ3n) is 4.50. The second-order valence-corrected chi connectivity index (χ2v) is 6.83. The van der Waals surface area contributed by atoms with Gasteiger partial charge in [0.1, 0.15) is 12.4 Å². The van der Waals surface area contributed by atoms with E-state index in [0.29, 0.717) is 6.10 Å². The van der Waals surface area contributed by atoms with Crippen LogP contribution in [-0.2, 0) is 0 Å². The standard InChI is InChI=1S/C17H32N2O.C6H6/c1-3-5-6-7-8-9-10-11-12-13-17(4-2)20-19-15-14-18-16-19;1-2-4-6-5-3-1/h14-17H,3-13H2,1-2H3;1-6H. The Morgan fingerprint density at radius 1 is 0.769 bits per heavy atom. The van der Waals surface area contributed by atoms with E-state index in [1.807, 2.05) is 42.6 Å². The Morgan fingerprint density at radius 3 is 1.77 bits per heavy atom. The fourth-order valence-electron chi connectivity index (χ4n) is 2.88. The Kier molecular flexibility index (Phi) is 14.3. The molecule has 3 heteroatoms. The van der Waals surface area contributed by atoms with E-state index in [1.165, 1.54) is 57.8 Å². The quantitative estimate of drug-likeness (QED) is 0.373. The first-order valence-corrected chi connectivity index (χ1v) is 10.5. The monoisotopic (exact) mass is 358 g/mol. The van der Waals surface area contributed by atoms with Crippen LogP contribution in [0.4, 0.5) is 0 Å². The number of unbranched alkanes of at least 4 members (excludes halogenated alkanes) is 8. The molecule has 0 amide bonds. The van der Waals surface area contributed by atoms with Crippen LogP contribution in [-0.4, -0.2) is 15.8 Å². The van der Waals surface area contributed by atoms with E-state index in [2.05, 4.69) is 18.8 Å². The van der Waals surface area contributed by atoms with Gasteiger partial charge in [0.25, 0.3) is 0 Å². The van der Waals surface area contributed by atoms with Gasteiger partial charge < -0.3 is 4.84 Å². The predicted molar refractivity (Wildman–Crippen MR) is 111 cm³/mol. The molecule has 0 radical (unpaired) electrons. The second kappa shape index (κ2) is 16.7. The van der Waals surface area contributed by atoms with Crippen molar-refractivity contribution in [1.29, 1.82) is 0 Å². The number of aromatic nitrogens is 2. The summed E-state index contributed by atoms with van der Waals surface area (Å²) >= 11 is 0. The zero-order chi connectivity index (χ0) is 18.7. The molecule has 2 aromatic rings. The van der Waals surface area contributed by atoms with Crippen LogP contribution in [0.25, 0.3) is 0 Å². The van der Waals surface area contributed by atoms with Gasteiger partial charge in [-0.05, 0) is 19.3 Å². The van der Waals surface area contributed by atoms with Gasteiger partial charge in [-0.25, -0.2) is 4.98 Å². The average molecular weight is 359 g/mol. The van der Waals surface area contributed by atoms with Crippen LogP contribution in [0.15, 0.2) is 55.1 Å². The molecule has 0 saturated carbocycles. The third kappa shape index (κ3) is 12.6. The van der Waals surface area contributed by atoms with Gasteiger partial charge in [0.05, 0.1) is 6.20 Å². The number of benzene rings is 1. The normalized spacial score (nSPS) is 11.5. The van der Waals surface area contributed by atoms with E-state index in [4.69, 9.17) is 4.84 Å². The highest BCUT2D eigenvalue weighted by Crippen LogP contribution is 2.12. The summed E-state index contributed by atoms with van der Waals surface area (Å²) in [5.41, 5.74) is 0. The van der Waals surface area contributed by atoms with E-state index in [-0.39, 0.29) is 0 Å². The lowest BCUT2D eigenvalue weighted by molar-refractivity contribution is 0.0276. The molecule has 1 aromatic carbocycles. The van der Waals surface area contributed by atoms with E-state index >= 15 is 0 Å². The minimum absolute atomic E-state index is 0.328. The van der Waals surface area contributed by atoms with Gasteiger partial charge in [0.15, 0.2) is 0 Å². The highest BCUT2D eigenvalue weighted by Gasteiger charge is 2.07. The highest BCUT2D eigenvalue weighted by atomic mass is 16.7. The fourth-order valence-corrected chi connectivity index (χ4v) is 2.88. The van der Waals surface area contributed by atoms with Gasteiger partial charge in [-0.2, -0.15) is 4.73 Å². The average Bonchev–Trinajstić information content (AvgIpc) is 3.21. The molecule has 26 heavy (non-hydrogen) atoms. The summed E-state index contributed by atoms with van der Waals surface area (Å²) in [7, 11) is 0. The second-order valence-electron chi connectivity index (χ2n) is 6.83. The molecule has 0 aliphatic carbocycles. The predicted octanol–water partition coefficient (Wildman–Crippen LogP) is 6.70. The molecule has 0 spiro atoms. The van der Waals surface area contributed by atoms with E-state index in [0.717, 1.165) is 12.8 Å². The molecule has 1 unspecified atom stereocenters. The first kappa shape index (κ1) is 22.3. The van der Waals surface area contributed by atoms with Crippen LogP contribution in [0.3, 0.4) is 0 Å². The Bertz CT molecular complexity index is 457. The largest absolute Gasteiger partial charge is 0.410 e. The number of nitrogens with zero attached hydrogens (tertiary/aromatic N) is 2. The Labute approximate surface area is 160 Å². The van der Waals surface area contributed by atoms with Crippen LogP contribution >= 0.6 is 0 Å². The molecule has 3 nitrogen and oxygen atoms in total. The summed E-state index contributed by atoms with van der Waals surface area (Å²) in [5.74, 6) is 0. The molecule has 1 aromatic heterocycles. The van der Waals surface area contributed by atoms with Crippen molar-refractivity contribution >= 4 is 0 Å². The summed E-state index contributed by atoms with van der Waals surface area (Å²) in [6.07, 6.45) is 20.3. The van der Waals surface area contributed by atoms with Gasteiger partial charge in [-0.15, -0.1) is 0 Å². The van der Waals surface area contributed by atoms with Crippen molar-refractivity contribution in [2.75, 3.05) is 0 Å². The van der Waals surface area contributed by atoms with E-state index in [9.17, 15) is 0 Å². The zero-order valence-electron chi connectivity index (χ0n) is 16.9. The summed E-state index contributed by atoms with van der Waals surface area (Å²) in [5, 5.41) is 0. The van der Waals surface area contributed by atoms with Crippen molar-refractivity contribution in [3.8, 4) is 0 Å². The molecule has 146 valence electrons. The summed E-state index contributed by atoms with van der Waals surface area (Å²) < 4.78 is 1.72. The molecule has 1 atom stereocenters. The molecule has 0 aliphatic heterocycles. The van der Waals surface area contributed by atoms with Crippen molar-refractivity contribution < 1.29 is 4.84 Å². The fraction of sp³-hybridized carbons (Fsp3) is 0.609. The maximum absolute atomic E-state index is 5.83. The number of hydrogen-bond donors (Lipinski definition) is 0. The van der Waals surface area contributed by atoms with Gasteiger partial charge >= 0.3 is 0 Å². The molecular weight excluding hydrogens is 320 g/mol. The lowest BCUT2D eigenvalue weighted by atomic mass is 10.0. The van der Waals surface area contributed by atoms with E-state index in [1.54, 1.807) is 17.3 Å². The van der Waals surface area contributed by atoms with Crippen molar-refractivity contribution in [3.63, 3.8) is 0 Å². The molecule has 0 bridgehead atoms. The van der Waals surface area contributed by atoms with Gasteiger partial charge in [-0.3, -0.25) is 0 Å². The van der Waals surface area contributed by atoms with Gasteiger partial charge in [0.2, 0.25) is 0 Å². The minimum Gasteiger partial charge on any atom is -0.410 e. The van der Waals surface area contributed by atoms with Crippen molar-refractivity contribution in [2.24, 2.45) is 0 Å². The van der Waals surface area contributed by atoms with Crippen LogP contribution < -0.4 is 4.84 Å². The Morgan fingerprint density at radius 2 is 1.31 bits per heavy atom.